The Hall–Kier alpha value is -3.25. The summed E-state index contributed by atoms with van der Waals surface area (Å²) in [4.78, 5) is 49.1. The molecule has 1 aliphatic rings. The van der Waals surface area contributed by atoms with Crippen LogP contribution in [0.4, 0.5) is 19.7 Å². The van der Waals surface area contributed by atoms with Crippen molar-refractivity contribution in [2.45, 2.75) is 105 Å². The van der Waals surface area contributed by atoms with Crippen LogP contribution in [0.1, 0.15) is 83.6 Å². The van der Waals surface area contributed by atoms with Gasteiger partial charge in [-0.1, -0.05) is 51.4 Å². The normalized spacial score (nSPS) is 19.3. The van der Waals surface area contributed by atoms with Gasteiger partial charge in [0.15, 0.2) is 11.2 Å². The number of aliphatic hydroxyl groups is 2. The van der Waals surface area contributed by atoms with Crippen molar-refractivity contribution in [3.8, 4) is 0 Å². The average Bonchev–Trinajstić information content (AvgIpc) is 3.70. The van der Waals surface area contributed by atoms with E-state index in [9.17, 15) is 28.3 Å². The molecule has 0 bridgehead atoms. The van der Waals surface area contributed by atoms with E-state index in [4.69, 9.17) is 14.3 Å². The summed E-state index contributed by atoms with van der Waals surface area (Å²) in [6.45, 7) is 5.34. The molecule has 4 heterocycles. The SMILES string of the molecule is CC(C)(C)c1cnc(CSc2cnc(NC(=O)CCCCCCCC(=O)Nc3ccn([C@@H]4O[C@H](CO)[C@@H](O)C4(F)F)c(=O)n3)s2)o1. The minimum atomic E-state index is -3.82. The highest BCUT2D eigenvalue weighted by Gasteiger charge is 2.59. The number of nitrogens with zero attached hydrogens (tertiary/aromatic N) is 4. The highest BCUT2D eigenvalue weighted by atomic mass is 32.2. The van der Waals surface area contributed by atoms with Gasteiger partial charge in [0.2, 0.25) is 23.9 Å². The van der Waals surface area contributed by atoms with E-state index in [1.165, 1.54) is 17.4 Å². The van der Waals surface area contributed by atoms with Crippen molar-refractivity contribution < 1.29 is 37.7 Å². The van der Waals surface area contributed by atoms with Gasteiger partial charge in [-0.3, -0.25) is 14.2 Å². The third-order valence-corrected chi connectivity index (χ3v) is 9.17. The van der Waals surface area contributed by atoms with Crippen LogP contribution in [0.25, 0.3) is 0 Å². The van der Waals surface area contributed by atoms with E-state index in [-0.39, 0.29) is 23.6 Å². The number of rotatable bonds is 15. The van der Waals surface area contributed by atoms with E-state index in [1.807, 2.05) is 0 Å². The lowest BCUT2D eigenvalue weighted by Gasteiger charge is -2.21. The Morgan fingerprint density at radius 1 is 1.09 bits per heavy atom. The molecule has 4 N–H and O–H groups in total. The fraction of sp³-hybridized carbons (Fsp3) is 0.586. The molecule has 0 unspecified atom stereocenters. The highest BCUT2D eigenvalue weighted by molar-refractivity contribution is 8.00. The zero-order chi connectivity index (χ0) is 33.5. The van der Waals surface area contributed by atoms with Crippen molar-refractivity contribution in [1.82, 2.24) is 19.5 Å². The van der Waals surface area contributed by atoms with Crippen LogP contribution in [0, 0.1) is 0 Å². The number of thioether (sulfide) groups is 1. The number of ether oxygens (including phenoxy) is 1. The van der Waals surface area contributed by atoms with Crippen molar-refractivity contribution in [3.63, 3.8) is 0 Å². The van der Waals surface area contributed by atoms with Crippen LogP contribution in [0.3, 0.4) is 0 Å². The van der Waals surface area contributed by atoms with Crippen molar-refractivity contribution in [1.29, 1.82) is 0 Å². The molecule has 0 radical (unpaired) electrons. The summed E-state index contributed by atoms with van der Waals surface area (Å²) in [5.74, 6) is -2.40. The van der Waals surface area contributed by atoms with Gasteiger partial charge in [0, 0.05) is 24.5 Å². The number of nitrogens with one attached hydrogen (secondary N) is 2. The van der Waals surface area contributed by atoms with Gasteiger partial charge in [-0.15, -0.1) is 11.8 Å². The molecule has 0 saturated carbocycles. The van der Waals surface area contributed by atoms with Crippen molar-refractivity contribution in [2.75, 3.05) is 17.2 Å². The lowest BCUT2D eigenvalue weighted by molar-refractivity contribution is -0.141. The number of alkyl halides is 2. The minimum Gasteiger partial charge on any atom is -0.444 e. The molecule has 0 aromatic carbocycles. The Labute approximate surface area is 272 Å². The average molecular weight is 685 g/mol. The first kappa shape index (κ1) is 35.6. The summed E-state index contributed by atoms with van der Waals surface area (Å²) in [7, 11) is 0. The number of thiazole rings is 1. The van der Waals surface area contributed by atoms with Gasteiger partial charge in [-0.2, -0.15) is 13.8 Å². The van der Waals surface area contributed by atoms with E-state index in [2.05, 4.69) is 46.4 Å². The minimum absolute atomic E-state index is 0.104. The fourth-order valence-electron chi connectivity index (χ4n) is 4.51. The predicted octanol–water partition coefficient (Wildman–Crippen LogP) is 4.47. The summed E-state index contributed by atoms with van der Waals surface area (Å²) in [6, 6.07) is 1.18. The topological polar surface area (TPSA) is 182 Å². The second-order valence-corrected chi connectivity index (χ2v) is 14.1. The second-order valence-electron chi connectivity index (χ2n) is 11.8. The Morgan fingerprint density at radius 3 is 2.37 bits per heavy atom. The first-order valence-electron chi connectivity index (χ1n) is 14.8. The molecule has 46 heavy (non-hydrogen) atoms. The van der Waals surface area contributed by atoms with Crippen LogP contribution in [0.15, 0.2) is 38.1 Å². The van der Waals surface area contributed by atoms with Crippen LogP contribution >= 0.6 is 23.1 Å². The molecule has 13 nitrogen and oxygen atoms in total. The third-order valence-electron chi connectivity index (χ3n) is 7.08. The van der Waals surface area contributed by atoms with Crippen LogP contribution in [0.5, 0.6) is 0 Å². The molecule has 4 rings (SSSR count). The molecule has 1 saturated heterocycles. The summed E-state index contributed by atoms with van der Waals surface area (Å²) >= 11 is 2.93. The predicted molar refractivity (Wildman–Crippen MR) is 167 cm³/mol. The zero-order valence-electron chi connectivity index (χ0n) is 25.7. The number of amides is 2. The van der Waals surface area contributed by atoms with E-state index < -0.39 is 42.6 Å². The molecule has 0 spiro atoms. The number of unbranched alkanes of at least 4 members (excludes halogenated alkanes) is 4. The molecule has 3 atom stereocenters. The number of aromatic nitrogens is 4. The summed E-state index contributed by atoms with van der Waals surface area (Å²) in [6.07, 6.45) is 2.63. The van der Waals surface area contributed by atoms with Crippen LogP contribution in [0.2, 0.25) is 0 Å². The monoisotopic (exact) mass is 684 g/mol. The van der Waals surface area contributed by atoms with Gasteiger partial charge in [0.25, 0.3) is 0 Å². The lowest BCUT2D eigenvalue weighted by atomic mass is 9.94. The number of halogens is 2. The number of oxazole rings is 1. The smallest absolute Gasteiger partial charge is 0.351 e. The standard InChI is InChI=1S/C29H38F2N6O7S2/c1-28(2,3)18-13-32-22(44-18)16-45-23-14-33-26(46-23)36-21(40)10-8-6-4-5-7-9-20(39)34-19-11-12-37(27(42)35-19)25-29(30,31)24(41)17(15-38)43-25/h11-14,17,24-25,38,41H,4-10,15-16H2,1-3H3,(H,33,36,40)(H,34,35,39,42)/t17-,24-,25-/m1/s1. The van der Waals surface area contributed by atoms with E-state index in [0.29, 0.717) is 40.6 Å². The maximum atomic E-state index is 14.3. The third kappa shape index (κ3) is 9.40. The van der Waals surface area contributed by atoms with Crippen LogP contribution < -0.4 is 16.3 Å². The zero-order valence-corrected chi connectivity index (χ0v) is 27.3. The molecule has 3 aromatic rings. The number of anilines is 2. The largest absolute Gasteiger partial charge is 0.444 e. The van der Waals surface area contributed by atoms with Crippen LogP contribution in [-0.4, -0.2) is 66.3 Å². The molecule has 17 heteroatoms. The molecule has 1 aliphatic heterocycles. The highest BCUT2D eigenvalue weighted by Crippen LogP contribution is 2.42. The number of carbonyl (C=O) groups is 2. The summed E-state index contributed by atoms with van der Waals surface area (Å²) < 4.78 is 40.8. The molecule has 1 fully saturated rings. The number of aliphatic hydroxyl groups excluding tert-OH is 2. The van der Waals surface area contributed by atoms with Gasteiger partial charge in [0.1, 0.15) is 17.7 Å². The van der Waals surface area contributed by atoms with Gasteiger partial charge in [-0.05, 0) is 18.9 Å². The summed E-state index contributed by atoms with van der Waals surface area (Å²) in [5.41, 5.74) is -1.21. The Bertz CT molecular complexity index is 1540. The van der Waals surface area contributed by atoms with Gasteiger partial charge in [0.05, 0.1) is 29.0 Å². The second kappa shape index (κ2) is 15.6. The number of hydrogen-bond acceptors (Lipinski definition) is 12. The maximum absolute atomic E-state index is 14.3. The van der Waals surface area contributed by atoms with Crippen molar-refractivity contribution in [3.05, 3.63) is 46.8 Å². The molecular formula is C29H38F2N6O7S2. The first-order chi connectivity index (χ1) is 21.8. The summed E-state index contributed by atoms with van der Waals surface area (Å²) in [5, 5.41) is 24.6. The van der Waals surface area contributed by atoms with Crippen LogP contribution in [-0.2, 0) is 25.5 Å². The maximum Gasteiger partial charge on any atom is 0.351 e. The van der Waals surface area contributed by atoms with Gasteiger partial charge in [-0.25, -0.2) is 14.8 Å². The Balaban J connectivity index is 1.08. The quantitative estimate of drug-likeness (QED) is 0.131. The molecular weight excluding hydrogens is 646 g/mol. The molecule has 252 valence electrons. The fourth-order valence-corrected chi connectivity index (χ4v) is 6.25. The molecule has 3 aromatic heterocycles. The Kier molecular flexibility index (Phi) is 12.0. The van der Waals surface area contributed by atoms with Crippen molar-refractivity contribution in [2.24, 2.45) is 0 Å². The van der Waals surface area contributed by atoms with Gasteiger partial charge >= 0.3 is 11.6 Å². The molecule has 2 amide bonds. The van der Waals surface area contributed by atoms with Crippen molar-refractivity contribution >= 4 is 45.9 Å². The molecule has 0 aliphatic carbocycles. The number of carbonyl (C=O) groups excluding carboxylic acids is 2. The van der Waals surface area contributed by atoms with E-state index in [1.54, 1.807) is 24.2 Å². The van der Waals surface area contributed by atoms with Gasteiger partial charge < -0.3 is 30.0 Å². The van der Waals surface area contributed by atoms with E-state index in [0.717, 1.165) is 35.4 Å². The lowest BCUT2D eigenvalue weighted by Crippen LogP contribution is -2.41. The first-order valence-corrected chi connectivity index (χ1v) is 16.6. The number of hydrogen-bond donors (Lipinski definition) is 4. The Morgan fingerprint density at radius 2 is 1.76 bits per heavy atom. The van der Waals surface area contributed by atoms with E-state index >= 15 is 0 Å².